The molecule has 0 N–H and O–H groups in total. The van der Waals surface area contributed by atoms with Crippen molar-refractivity contribution < 1.29 is 0 Å². The number of hydrogen-bond donors (Lipinski definition) is 0. The molecule has 0 radical (unpaired) electrons. The van der Waals surface area contributed by atoms with Gasteiger partial charge in [0.2, 0.25) is 0 Å². The largest absolute Gasteiger partial charge is 0.237 e. The van der Waals surface area contributed by atoms with Crippen molar-refractivity contribution in [2.45, 2.75) is 40.0 Å². The molecule has 0 aliphatic heterocycles. The zero-order chi connectivity index (χ0) is 14.0. The van der Waals surface area contributed by atoms with E-state index in [-0.39, 0.29) is 0 Å². The smallest absolute Gasteiger partial charge is 0.0793 e. The van der Waals surface area contributed by atoms with Crippen LogP contribution in [0, 0.1) is 25.2 Å². The number of aromatic nitrogens is 2. The Kier molecular flexibility index (Phi) is 3.71. The Morgan fingerprint density at radius 1 is 1.32 bits per heavy atom. The highest BCUT2D eigenvalue weighted by atomic mass is 15.3. The third kappa shape index (κ3) is 2.53. The van der Waals surface area contributed by atoms with Gasteiger partial charge >= 0.3 is 0 Å². The SMILES string of the molecule is Cc1cccc(-n2nc(CC#N)cc2C(C)C)c1C. The summed E-state index contributed by atoms with van der Waals surface area (Å²) >= 11 is 0. The summed E-state index contributed by atoms with van der Waals surface area (Å²) in [4.78, 5) is 0. The summed E-state index contributed by atoms with van der Waals surface area (Å²) in [5.74, 6) is 0.375. The van der Waals surface area contributed by atoms with Crippen LogP contribution in [-0.4, -0.2) is 9.78 Å². The zero-order valence-corrected chi connectivity index (χ0v) is 11.9. The maximum Gasteiger partial charge on any atom is 0.0793 e. The van der Waals surface area contributed by atoms with Crippen molar-refractivity contribution in [1.29, 1.82) is 5.26 Å². The van der Waals surface area contributed by atoms with Crippen molar-refractivity contribution in [3.05, 3.63) is 46.8 Å². The standard InChI is InChI=1S/C16H19N3/c1-11(2)16-10-14(8-9-17)18-19(16)15-7-5-6-12(3)13(15)4/h5-7,10-11H,8H2,1-4H3. The van der Waals surface area contributed by atoms with E-state index in [9.17, 15) is 0 Å². The molecule has 1 aromatic heterocycles. The summed E-state index contributed by atoms with van der Waals surface area (Å²) in [5, 5.41) is 13.4. The van der Waals surface area contributed by atoms with Gasteiger partial charge in [0.25, 0.3) is 0 Å². The third-order valence-electron chi connectivity index (χ3n) is 3.44. The molecule has 98 valence electrons. The fourth-order valence-corrected chi connectivity index (χ4v) is 2.18. The Labute approximate surface area is 114 Å². The summed E-state index contributed by atoms with van der Waals surface area (Å²) in [6.45, 7) is 8.51. The quantitative estimate of drug-likeness (QED) is 0.837. The summed E-state index contributed by atoms with van der Waals surface area (Å²) in [6.07, 6.45) is 0.359. The molecular formula is C16H19N3. The fraction of sp³-hybridized carbons (Fsp3) is 0.375. The predicted octanol–water partition coefficient (Wildman–Crippen LogP) is 3.68. The molecule has 1 aromatic carbocycles. The van der Waals surface area contributed by atoms with E-state index in [0.29, 0.717) is 12.3 Å². The van der Waals surface area contributed by atoms with Crippen molar-refractivity contribution in [2.75, 3.05) is 0 Å². The Hall–Kier alpha value is -2.08. The van der Waals surface area contributed by atoms with Gasteiger partial charge in [-0.15, -0.1) is 0 Å². The third-order valence-corrected chi connectivity index (χ3v) is 3.44. The van der Waals surface area contributed by atoms with Gasteiger partial charge in [0.05, 0.1) is 23.9 Å². The molecule has 0 atom stereocenters. The normalized spacial score (nSPS) is 10.7. The average Bonchev–Trinajstić information content (AvgIpc) is 2.77. The van der Waals surface area contributed by atoms with Gasteiger partial charge in [-0.3, -0.25) is 0 Å². The molecule has 19 heavy (non-hydrogen) atoms. The van der Waals surface area contributed by atoms with E-state index in [1.807, 2.05) is 16.8 Å². The van der Waals surface area contributed by atoms with Crippen LogP contribution >= 0.6 is 0 Å². The number of aryl methyl sites for hydroxylation is 1. The van der Waals surface area contributed by atoms with Crippen LogP contribution in [0.5, 0.6) is 0 Å². The zero-order valence-electron chi connectivity index (χ0n) is 11.9. The number of nitriles is 1. The van der Waals surface area contributed by atoms with E-state index >= 15 is 0 Å². The molecule has 1 heterocycles. The lowest BCUT2D eigenvalue weighted by atomic mass is 10.1. The van der Waals surface area contributed by atoms with Crippen LogP contribution in [0.3, 0.4) is 0 Å². The molecular weight excluding hydrogens is 234 g/mol. The van der Waals surface area contributed by atoms with Crippen molar-refractivity contribution in [3.63, 3.8) is 0 Å². The summed E-state index contributed by atoms with van der Waals surface area (Å²) in [6, 6.07) is 10.4. The molecule has 0 amide bonds. The lowest BCUT2D eigenvalue weighted by Gasteiger charge is -2.13. The predicted molar refractivity (Wildman–Crippen MR) is 76.4 cm³/mol. The van der Waals surface area contributed by atoms with Gasteiger partial charge in [-0.25, -0.2) is 4.68 Å². The Morgan fingerprint density at radius 3 is 2.68 bits per heavy atom. The van der Waals surface area contributed by atoms with Crippen molar-refractivity contribution in [2.24, 2.45) is 0 Å². The average molecular weight is 253 g/mol. The lowest BCUT2D eigenvalue weighted by Crippen LogP contribution is -2.06. The van der Waals surface area contributed by atoms with Crippen LogP contribution < -0.4 is 0 Å². The van der Waals surface area contributed by atoms with E-state index in [0.717, 1.165) is 17.1 Å². The van der Waals surface area contributed by atoms with Crippen LogP contribution in [0.1, 0.15) is 42.3 Å². The van der Waals surface area contributed by atoms with E-state index in [1.54, 1.807) is 0 Å². The minimum absolute atomic E-state index is 0.359. The number of hydrogen-bond acceptors (Lipinski definition) is 2. The minimum atomic E-state index is 0.359. The second kappa shape index (κ2) is 5.27. The maximum absolute atomic E-state index is 8.83. The molecule has 3 heteroatoms. The first-order chi connectivity index (χ1) is 9.04. The van der Waals surface area contributed by atoms with Crippen LogP contribution in [0.25, 0.3) is 5.69 Å². The summed E-state index contributed by atoms with van der Waals surface area (Å²) < 4.78 is 1.99. The van der Waals surface area contributed by atoms with Gasteiger partial charge < -0.3 is 0 Å². The van der Waals surface area contributed by atoms with Gasteiger partial charge in [0.1, 0.15) is 0 Å². The van der Waals surface area contributed by atoms with E-state index < -0.39 is 0 Å². The first-order valence-electron chi connectivity index (χ1n) is 6.57. The van der Waals surface area contributed by atoms with Crippen LogP contribution in [0.4, 0.5) is 0 Å². The second-order valence-corrected chi connectivity index (χ2v) is 5.18. The Morgan fingerprint density at radius 2 is 2.05 bits per heavy atom. The lowest BCUT2D eigenvalue weighted by molar-refractivity contribution is 0.726. The number of benzene rings is 1. The molecule has 0 aliphatic rings. The molecule has 0 unspecified atom stereocenters. The monoisotopic (exact) mass is 253 g/mol. The van der Waals surface area contributed by atoms with Gasteiger partial charge in [-0.1, -0.05) is 26.0 Å². The van der Waals surface area contributed by atoms with Crippen molar-refractivity contribution >= 4 is 0 Å². The molecule has 2 rings (SSSR count). The summed E-state index contributed by atoms with van der Waals surface area (Å²) in [7, 11) is 0. The van der Waals surface area contributed by atoms with Crippen molar-refractivity contribution in [3.8, 4) is 11.8 Å². The second-order valence-electron chi connectivity index (χ2n) is 5.18. The first kappa shape index (κ1) is 13.4. The number of rotatable bonds is 3. The van der Waals surface area contributed by atoms with E-state index in [4.69, 9.17) is 5.26 Å². The van der Waals surface area contributed by atoms with Crippen LogP contribution in [-0.2, 0) is 6.42 Å². The topological polar surface area (TPSA) is 41.6 Å². The molecule has 0 bridgehead atoms. The Bertz CT molecular complexity index is 630. The van der Waals surface area contributed by atoms with Crippen molar-refractivity contribution in [1.82, 2.24) is 9.78 Å². The molecule has 0 fully saturated rings. The Balaban J connectivity index is 2.60. The maximum atomic E-state index is 8.83. The van der Waals surface area contributed by atoms with Gasteiger partial charge in [0.15, 0.2) is 0 Å². The van der Waals surface area contributed by atoms with Crippen LogP contribution in [0.2, 0.25) is 0 Å². The first-order valence-corrected chi connectivity index (χ1v) is 6.57. The molecule has 0 saturated heterocycles. The van der Waals surface area contributed by atoms with E-state index in [1.165, 1.54) is 11.1 Å². The van der Waals surface area contributed by atoms with E-state index in [2.05, 4.69) is 51.0 Å². The van der Waals surface area contributed by atoms with Gasteiger partial charge in [-0.2, -0.15) is 10.4 Å². The highest BCUT2D eigenvalue weighted by Crippen LogP contribution is 2.24. The highest BCUT2D eigenvalue weighted by Gasteiger charge is 2.14. The van der Waals surface area contributed by atoms with Crippen LogP contribution in [0.15, 0.2) is 24.3 Å². The molecule has 0 saturated carbocycles. The summed E-state index contributed by atoms with van der Waals surface area (Å²) in [5.41, 5.74) is 5.58. The fourth-order valence-electron chi connectivity index (χ4n) is 2.18. The highest BCUT2D eigenvalue weighted by molar-refractivity contribution is 5.45. The minimum Gasteiger partial charge on any atom is -0.237 e. The molecule has 3 nitrogen and oxygen atoms in total. The molecule has 0 spiro atoms. The number of nitrogens with zero attached hydrogens (tertiary/aromatic N) is 3. The molecule has 0 aliphatic carbocycles. The van der Waals surface area contributed by atoms with Gasteiger partial charge in [-0.05, 0) is 43.0 Å². The molecule has 2 aromatic rings. The van der Waals surface area contributed by atoms with Gasteiger partial charge in [0, 0.05) is 5.69 Å².